The van der Waals surface area contributed by atoms with E-state index >= 15 is 0 Å². The van der Waals surface area contributed by atoms with Gasteiger partial charge in [-0.05, 0) is 47.5 Å². The highest BCUT2D eigenvalue weighted by molar-refractivity contribution is 7.54. The first kappa shape index (κ1) is 25.2. The normalized spacial score (nSPS) is 26.1. The molecule has 0 spiro atoms. The van der Waals surface area contributed by atoms with Gasteiger partial charge >= 0.3 is 7.67 Å². The molecule has 0 bridgehead atoms. The predicted octanol–water partition coefficient (Wildman–Crippen LogP) is 5.70. The van der Waals surface area contributed by atoms with Crippen LogP contribution in [0.1, 0.15) is 53.9 Å². The number of ether oxygens (including phenoxy) is 1. The fourth-order valence-electron chi connectivity index (χ4n) is 2.91. The Bertz CT molecular complexity index is 543. The lowest BCUT2D eigenvalue weighted by Gasteiger charge is -2.42. The fraction of sp³-hybridized carbons (Fsp3) is 0.789. The van der Waals surface area contributed by atoms with Crippen molar-refractivity contribution < 1.29 is 13.8 Å². The van der Waals surface area contributed by atoms with Crippen molar-refractivity contribution in [2.24, 2.45) is 0 Å². The second-order valence-electron chi connectivity index (χ2n) is 7.35. The molecule has 1 rings (SSSR count). The lowest BCUT2D eigenvalue weighted by atomic mass is 10.1. The first-order valence-electron chi connectivity index (χ1n) is 9.57. The smallest absolute Gasteiger partial charge is 0.346 e. The van der Waals surface area contributed by atoms with Gasteiger partial charge in [-0.15, -0.1) is 23.2 Å². The number of halogens is 2. The Morgan fingerprint density at radius 1 is 1.26 bits per heavy atom. The average molecular weight is 441 g/mol. The van der Waals surface area contributed by atoms with Crippen molar-refractivity contribution in [3.05, 3.63) is 23.3 Å². The molecule has 1 aliphatic heterocycles. The summed E-state index contributed by atoms with van der Waals surface area (Å²) in [6.45, 7) is 11.0. The maximum absolute atomic E-state index is 13.4. The monoisotopic (exact) mass is 440 g/mol. The molecule has 0 aromatic rings. The van der Waals surface area contributed by atoms with Gasteiger partial charge < -0.3 is 9.26 Å². The first-order valence-corrected chi connectivity index (χ1v) is 12.2. The van der Waals surface area contributed by atoms with Crippen LogP contribution in [0.15, 0.2) is 23.3 Å². The number of nitrogens with one attached hydrogen (secondary N) is 1. The van der Waals surface area contributed by atoms with Crippen LogP contribution in [0.4, 0.5) is 0 Å². The van der Waals surface area contributed by atoms with Crippen molar-refractivity contribution in [2.75, 3.05) is 25.0 Å². The van der Waals surface area contributed by atoms with Gasteiger partial charge in [-0.3, -0.25) is 4.57 Å². The third-order valence-electron chi connectivity index (χ3n) is 4.43. The summed E-state index contributed by atoms with van der Waals surface area (Å²) in [6, 6.07) is -0.260. The van der Waals surface area contributed by atoms with E-state index in [1.54, 1.807) is 4.67 Å². The minimum atomic E-state index is -3.26. The van der Waals surface area contributed by atoms with Crippen LogP contribution in [0.2, 0.25) is 0 Å². The van der Waals surface area contributed by atoms with Gasteiger partial charge in [0.15, 0.2) is 0 Å². The second kappa shape index (κ2) is 12.6. The number of hydrogen-bond acceptors (Lipinski definition) is 3. The van der Waals surface area contributed by atoms with E-state index < -0.39 is 7.67 Å². The van der Waals surface area contributed by atoms with Crippen molar-refractivity contribution in [2.45, 2.75) is 72.2 Å². The molecule has 0 radical (unpaired) electrons. The maximum Gasteiger partial charge on any atom is 0.346 e. The Balaban J connectivity index is 2.64. The quantitative estimate of drug-likeness (QED) is 0.253. The second-order valence-corrected chi connectivity index (χ2v) is 9.99. The number of hydrogen-bond donors (Lipinski definition) is 1. The standard InChI is InChI=1S/C19H35Cl2N2O3P/c1-15(2)7-6-8-16(3)9-11-25-19-10-12-26-27(24,22-19)23(17(4)13-20)18(5)14-21/h7,9,17-19H,6,8,10-14H2,1-5H3,(H,22,24)/b16-9+. The van der Waals surface area contributed by atoms with Crippen LogP contribution in [0, 0.1) is 0 Å². The number of nitrogens with zero attached hydrogens (tertiary/aromatic N) is 1. The van der Waals surface area contributed by atoms with Gasteiger partial charge in [0.05, 0.1) is 13.2 Å². The van der Waals surface area contributed by atoms with E-state index in [9.17, 15) is 4.57 Å². The lowest BCUT2D eigenvalue weighted by molar-refractivity contribution is 0.0223. The number of alkyl halides is 2. The molecule has 1 heterocycles. The van der Waals surface area contributed by atoms with Gasteiger partial charge in [-0.2, -0.15) is 0 Å². The average Bonchev–Trinajstić information content (AvgIpc) is 2.61. The summed E-state index contributed by atoms with van der Waals surface area (Å²) in [5, 5.41) is 3.07. The first-order chi connectivity index (χ1) is 12.7. The molecular formula is C19H35Cl2N2O3P. The Labute approximate surface area is 175 Å². The highest BCUT2D eigenvalue weighted by atomic mass is 35.5. The van der Waals surface area contributed by atoms with Crippen molar-refractivity contribution in [3.8, 4) is 0 Å². The minimum Gasteiger partial charge on any atom is -0.359 e. The van der Waals surface area contributed by atoms with E-state index in [1.807, 2.05) is 13.8 Å². The molecule has 27 heavy (non-hydrogen) atoms. The van der Waals surface area contributed by atoms with E-state index in [1.165, 1.54) is 11.1 Å². The molecule has 1 fully saturated rings. The van der Waals surface area contributed by atoms with Gasteiger partial charge in [0.2, 0.25) is 0 Å². The lowest BCUT2D eigenvalue weighted by Crippen LogP contribution is -2.48. The molecule has 1 aliphatic rings. The van der Waals surface area contributed by atoms with Gasteiger partial charge in [0, 0.05) is 30.3 Å². The highest BCUT2D eigenvalue weighted by Crippen LogP contribution is 2.52. The summed E-state index contributed by atoms with van der Waals surface area (Å²) in [7, 11) is -3.26. The van der Waals surface area contributed by atoms with E-state index in [0.717, 1.165) is 12.8 Å². The minimum absolute atomic E-state index is 0.130. The van der Waals surface area contributed by atoms with E-state index in [0.29, 0.717) is 31.4 Å². The zero-order valence-corrected chi connectivity index (χ0v) is 19.6. The summed E-state index contributed by atoms with van der Waals surface area (Å²) < 4.78 is 26.8. The zero-order valence-electron chi connectivity index (χ0n) is 17.2. The third-order valence-corrected chi connectivity index (χ3v) is 7.86. The van der Waals surface area contributed by atoms with Crippen LogP contribution in [-0.4, -0.2) is 48.0 Å². The molecule has 4 atom stereocenters. The summed E-state index contributed by atoms with van der Waals surface area (Å²) in [6.07, 6.45) is 6.70. The Hall–Kier alpha value is 0.130. The van der Waals surface area contributed by atoms with Gasteiger partial charge in [-0.1, -0.05) is 23.3 Å². The van der Waals surface area contributed by atoms with Gasteiger partial charge in [-0.25, -0.2) is 9.76 Å². The number of rotatable bonds is 11. The van der Waals surface area contributed by atoms with Gasteiger partial charge in [0.25, 0.3) is 0 Å². The van der Waals surface area contributed by atoms with Crippen LogP contribution in [0.5, 0.6) is 0 Å². The van der Waals surface area contributed by atoms with Crippen LogP contribution in [-0.2, 0) is 13.8 Å². The molecule has 8 heteroatoms. The van der Waals surface area contributed by atoms with Crippen molar-refractivity contribution in [1.82, 2.24) is 9.76 Å². The van der Waals surface area contributed by atoms with Crippen molar-refractivity contribution in [1.29, 1.82) is 0 Å². The molecule has 0 aromatic heterocycles. The molecule has 158 valence electrons. The Kier molecular flexibility index (Phi) is 11.8. The third kappa shape index (κ3) is 8.57. The molecule has 0 amide bonds. The highest BCUT2D eigenvalue weighted by Gasteiger charge is 2.42. The van der Waals surface area contributed by atoms with E-state index in [-0.39, 0.29) is 18.3 Å². The topological polar surface area (TPSA) is 50.8 Å². The molecule has 0 saturated carbocycles. The van der Waals surface area contributed by atoms with Crippen molar-refractivity contribution in [3.63, 3.8) is 0 Å². The molecule has 1 N–H and O–H groups in total. The molecule has 0 aromatic carbocycles. The molecule has 4 unspecified atom stereocenters. The molecule has 5 nitrogen and oxygen atoms in total. The Morgan fingerprint density at radius 3 is 2.44 bits per heavy atom. The Morgan fingerprint density at radius 2 is 1.89 bits per heavy atom. The zero-order chi connectivity index (χ0) is 20.4. The van der Waals surface area contributed by atoms with Crippen LogP contribution < -0.4 is 5.09 Å². The summed E-state index contributed by atoms with van der Waals surface area (Å²) in [4.78, 5) is 0. The molecule has 1 saturated heterocycles. The summed E-state index contributed by atoms with van der Waals surface area (Å²) >= 11 is 12.0. The molecular weight excluding hydrogens is 406 g/mol. The van der Waals surface area contributed by atoms with Crippen LogP contribution >= 0.6 is 30.9 Å². The predicted molar refractivity (Wildman–Crippen MR) is 116 cm³/mol. The van der Waals surface area contributed by atoms with E-state index in [4.69, 9.17) is 32.5 Å². The summed E-state index contributed by atoms with van der Waals surface area (Å²) in [5.41, 5.74) is 2.62. The number of allylic oxidation sites excluding steroid dienone is 3. The maximum atomic E-state index is 13.4. The van der Waals surface area contributed by atoms with Gasteiger partial charge in [0.1, 0.15) is 6.23 Å². The van der Waals surface area contributed by atoms with Crippen LogP contribution in [0.25, 0.3) is 0 Å². The van der Waals surface area contributed by atoms with Crippen molar-refractivity contribution >= 4 is 30.9 Å². The SMILES string of the molecule is CC(C)=CCC/C(C)=C/COC1CCOP(=O)(N(C(C)CCl)C(C)CCl)N1. The summed E-state index contributed by atoms with van der Waals surface area (Å²) in [5.74, 6) is 0.685. The van der Waals surface area contributed by atoms with E-state index in [2.05, 4.69) is 38.0 Å². The molecule has 0 aliphatic carbocycles. The van der Waals surface area contributed by atoms with Crippen LogP contribution in [0.3, 0.4) is 0 Å². The fourth-order valence-corrected chi connectivity index (χ4v) is 5.87. The largest absolute Gasteiger partial charge is 0.359 e.